The Labute approximate surface area is 139 Å². The Morgan fingerprint density at radius 3 is 2.88 bits per heavy atom. The van der Waals surface area contributed by atoms with Crippen molar-refractivity contribution in [1.29, 1.82) is 0 Å². The number of fused-ring (bicyclic) bond motifs is 1. The summed E-state index contributed by atoms with van der Waals surface area (Å²) < 4.78 is 11.7. The average molecular weight is 322 g/mol. The van der Waals surface area contributed by atoms with Crippen molar-refractivity contribution in [3.05, 3.63) is 60.6 Å². The molecule has 0 bridgehead atoms. The number of hydrogen-bond donors (Lipinski definition) is 0. The van der Waals surface area contributed by atoms with Gasteiger partial charge in [0, 0.05) is 24.3 Å². The van der Waals surface area contributed by atoms with E-state index in [0.29, 0.717) is 12.3 Å². The van der Waals surface area contributed by atoms with Gasteiger partial charge in [0.05, 0.1) is 6.54 Å². The number of likely N-dealkylation sites (tertiary alicyclic amines) is 1. The maximum atomic E-state index is 12.7. The lowest BCUT2D eigenvalue weighted by Crippen LogP contribution is -2.44. The molecule has 0 saturated carbocycles. The van der Waals surface area contributed by atoms with Gasteiger partial charge in [-0.15, -0.1) is 0 Å². The largest absolute Gasteiger partial charge is 0.488 e. The summed E-state index contributed by atoms with van der Waals surface area (Å²) in [6.45, 7) is 1.30. The highest BCUT2D eigenvalue weighted by Gasteiger charge is 2.27. The maximum absolute atomic E-state index is 12.7. The zero-order valence-electron chi connectivity index (χ0n) is 13.2. The van der Waals surface area contributed by atoms with Gasteiger partial charge >= 0.3 is 0 Å². The number of hydrogen-bond acceptors (Lipinski definition) is 4. The van der Waals surface area contributed by atoms with Crippen LogP contribution < -0.4 is 4.74 Å². The van der Waals surface area contributed by atoms with Gasteiger partial charge in [0.2, 0.25) is 0 Å². The maximum Gasteiger partial charge on any atom is 0.289 e. The van der Waals surface area contributed by atoms with Crippen LogP contribution in [0.1, 0.15) is 23.4 Å². The van der Waals surface area contributed by atoms with Crippen molar-refractivity contribution in [2.75, 3.05) is 13.1 Å². The Hall–Kier alpha value is -2.82. The molecule has 1 amide bonds. The second-order valence-electron chi connectivity index (χ2n) is 5.96. The summed E-state index contributed by atoms with van der Waals surface area (Å²) in [5, 5.41) is 0.947. The van der Waals surface area contributed by atoms with Gasteiger partial charge in [0.1, 0.15) is 17.4 Å². The summed E-state index contributed by atoms with van der Waals surface area (Å²) >= 11 is 0. The molecule has 5 heteroatoms. The minimum absolute atomic E-state index is 0.00511. The molecule has 5 nitrogen and oxygen atoms in total. The van der Waals surface area contributed by atoms with E-state index in [-0.39, 0.29) is 12.0 Å². The van der Waals surface area contributed by atoms with E-state index in [2.05, 4.69) is 4.98 Å². The predicted molar refractivity (Wildman–Crippen MR) is 90.0 cm³/mol. The molecule has 1 atom stereocenters. The predicted octanol–water partition coefficient (Wildman–Crippen LogP) is 3.51. The van der Waals surface area contributed by atoms with Gasteiger partial charge in [-0.25, -0.2) is 0 Å². The zero-order chi connectivity index (χ0) is 16.4. The smallest absolute Gasteiger partial charge is 0.289 e. The van der Waals surface area contributed by atoms with Crippen LogP contribution in [-0.4, -0.2) is 35.0 Å². The van der Waals surface area contributed by atoms with Gasteiger partial charge in [0.15, 0.2) is 5.76 Å². The Morgan fingerprint density at radius 1 is 1.21 bits per heavy atom. The number of carbonyl (C=O) groups excluding carboxylic acids is 1. The third kappa shape index (κ3) is 2.97. The van der Waals surface area contributed by atoms with E-state index in [1.807, 2.05) is 47.4 Å². The number of aromatic nitrogens is 1. The van der Waals surface area contributed by atoms with E-state index < -0.39 is 0 Å². The van der Waals surface area contributed by atoms with Gasteiger partial charge < -0.3 is 14.1 Å². The van der Waals surface area contributed by atoms with Gasteiger partial charge in [0.25, 0.3) is 5.91 Å². The first-order valence-corrected chi connectivity index (χ1v) is 8.14. The topological polar surface area (TPSA) is 55.6 Å². The molecule has 0 N–H and O–H groups in total. The van der Waals surface area contributed by atoms with E-state index in [1.165, 1.54) is 0 Å². The summed E-state index contributed by atoms with van der Waals surface area (Å²) in [4.78, 5) is 18.5. The zero-order valence-corrected chi connectivity index (χ0v) is 13.2. The average Bonchev–Trinajstić information content (AvgIpc) is 3.06. The van der Waals surface area contributed by atoms with Gasteiger partial charge in [-0.2, -0.15) is 0 Å². The quantitative estimate of drug-likeness (QED) is 0.740. The number of furan rings is 1. The number of rotatable bonds is 3. The number of nitrogens with zero attached hydrogens (tertiary/aromatic N) is 2. The van der Waals surface area contributed by atoms with Crippen molar-refractivity contribution in [3.8, 4) is 5.75 Å². The summed E-state index contributed by atoms with van der Waals surface area (Å²) in [6.07, 6.45) is 5.26. The molecule has 0 spiro atoms. The van der Waals surface area contributed by atoms with Crippen molar-refractivity contribution in [2.24, 2.45) is 0 Å². The number of ether oxygens (including phenoxy) is 1. The van der Waals surface area contributed by atoms with Crippen molar-refractivity contribution in [1.82, 2.24) is 9.88 Å². The van der Waals surface area contributed by atoms with Crippen LogP contribution in [0.15, 0.2) is 59.3 Å². The molecule has 1 fully saturated rings. The normalized spacial score (nSPS) is 17.8. The standard InChI is InChI=1S/C19H18N2O3/c22-19(18-12-14-4-1-2-6-17(14)24-18)21-11-3-5-16(13-21)23-15-7-9-20-10-8-15/h1-2,4,6-10,12,16H,3,5,11,13H2. The SMILES string of the molecule is O=C(c1cc2ccccc2o1)N1CCCC(Oc2ccncc2)C1. The van der Waals surface area contributed by atoms with Crippen LogP contribution in [-0.2, 0) is 0 Å². The van der Waals surface area contributed by atoms with Crippen LogP contribution in [0.3, 0.4) is 0 Å². The number of piperidine rings is 1. The van der Waals surface area contributed by atoms with Crippen LogP contribution in [0, 0.1) is 0 Å². The van der Waals surface area contributed by atoms with E-state index in [1.54, 1.807) is 12.4 Å². The molecule has 2 aromatic heterocycles. The molecule has 1 aliphatic rings. The second kappa shape index (κ2) is 6.35. The molecule has 122 valence electrons. The Morgan fingerprint density at radius 2 is 2.04 bits per heavy atom. The van der Waals surface area contributed by atoms with Crippen LogP contribution in [0.5, 0.6) is 5.75 Å². The second-order valence-corrected chi connectivity index (χ2v) is 5.96. The highest BCUT2D eigenvalue weighted by atomic mass is 16.5. The van der Waals surface area contributed by atoms with Crippen LogP contribution in [0.2, 0.25) is 0 Å². The Kier molecular flexibility index (Phi) is 3.91. The Bertz CT molecular complexity index is 811. The summed E-state index contributed by atoms with van der Waals surface area (Å²) in [5.41, 5.74) is 0.738. The third-order valence-corrected chi connectivity index (χ3v) is 4.25. The fourth-order valence-electron chi connectivity index (χ4n) is 3.07. The highest BCUT2D eigenvalue weighted by Crippen LogP contribution is 2.23. The van der Waals surface area contributed by atoms with E-state index in [0.717, 1.165) is 36.1 Å². The number of amides is 1. The fourth-order valence-corrected chi connectivity index (χ4v) is 3.07. The number of benzene rings is 1. The van der Waals surface area contributed by atoms with Crippen molar-refractivity contribution in [3.63, 3.8) is 0 Å². The lowest BCUT2D eigenvalue weighted by atomic mass is 10.1. The summed E-state index contributed by atoms with van der Waals surface area (Å²) in [6, 6.07) is 13.1. The van der Waals surface area contributed by atoms with E-state index >= 15 is 0 Å². The molecule has 0 radical (unpaired) electrons. The first-order valence-electron chi connectivity index (χ1n) is 8.14. The lowest BCUT2D eigenvalue weighted by molar-refractivity contribution is 0.0512. The van der Waals surface area contributed by atoms with E-state index in [4.69, 9.17) is 9.15 Å². The molecule has 4 rings (SSSR count). The van der Waals surface area contributed by atoms with Crippen molar-refractivity contribution >= 4 is 16.9 Å². The number of carbonyl (C=O) groups is 1. The van der Waals surface area contributed by atoms with Crippen LogP contribution >= 0.6 is 0 Å². The van der Waals surface area contributed by atoms with Crippen LogP contribution in [0.25, 0.3) is 11.0 Å². The number of para-hydroxylation sites is 1. The van der Waals surface area contributed by atoms with Gasteiger partial charge in [-0.3, -0.25) is 9.78 Å². The van der Waals surface area contributed by atoms with Crippen molar-refractivity contribution < 1.29 is 13.9 Å². The van der Waals surface area contributed by atoms with E-state index in [9.17, 15) is 4.79 Å². The first-order chi connectivity index (χ1) is 11.8. The monoisotopic (exact) mass is 322 g/mol. The minimum Gasteiger partial charge on any atom is -0.488 e. The number of pyridine rings is 1. The first kappa shape index (κ1) is 14.8. The Balaban J connectivity index is 1.48. The summed E-state index contributed by atoms with van der Waals surface area (Å²) in [5.74, 6) is 1.10. The molecule has 1 saturated heterocycles. The van der Waals surface area contributed by atoms with Gasteiger partial charge in [-0.05, 0) is 37.1 Å². The highest BCUT2D eigenvalue weighted by molar-refractivity contribution is 5.96. The summed E-state index contributed by atoms with van der Waals surface area (Å²) in [7, 11) is 0. The minimum atomic E-state index is -0.0748. The third-order valence-electron chi connectivity index (χ3n) is 4.25. The molecule has 1 unspecified atom stereocenters. The molecular formula is C19H18N2O3. The molecule has 0 aliphatic carbocycles. The van der Waals surface area contributed by atoms with Crippen molar-refractivity contribution in [2.45, 2.75) is 18.9 Å². The van der Waals surface area contributed by atoms with Crippen LogP contribution in [0.4, 0.5) is 0 Å². The molecule has 3 aromatic rings. The van der Waals surface area contributed by atoms with Gasteiger partial charge in [-0.1, -0.05) is 18.2 Å². The molecule has 24 heavy (non-hydrogen) atoms. The fraction of sp³-hybridized carbons (Fsp3) is 0.263. The molecule has 1 aromatic carbocycles. The molecular weight excluding hydrogens is 304 g/mol. The lowest BCUT2D eigenvalue weighted by Gasteiger charge is -2.32. The molecule has 1 aliphatic heterocycles. The molecule has 3 heterocycles.